The maximum Gasteiger partial charge on any atom is 0.410 e. The van der Waals surface area contributed by atoms with E-state index in [1.807, 2.05) is 19.9 Å². The van der Waals surface area contributed by atoms with Crippen molar-refractivity contribution in [3.63, 3.8) is 0 Å². The fourth-order valence-electron chi connectivity index (χ4n) is 6.60. The van der Waals surface area contributed by atoms with Crippen molar-refractivity contribution in [1.82, 2.24) is 28.6 Å². The van der Waals surface area contributed by atoms with Gasteiger partial charge in [0.15, 0.2) is 0 Å². The Bertz CT molecular complexity index is 2450. The second kappa shape index (κ2) is 12.4. The lowest BCUT2D eigenvalue weighted by Crippen LogP contribution is -2.41. The fourth-order valence-corrected chi connectivity index (χ4v) is 8.10. The third-order valence-corrected chi connectivity index (χ3v) is 10.9. The normalized spacial score (nSPS) is 14.4. The molecule has 6 aromatic rings. The summed E-state index contributed by atoms with van der Waals surface area (Å²) in [7, 11) is -4.40. The lowest BCUT2D eigenvalue weighted by Gasteiger charge is -2.33. The average Bonchev–Trinajstić information content (AvgIpc) is 3.76. The molecule has 0 radical (unpaired) electrons. The topological polar surface area (TPSA) is 158 Å². The molecule has 1 amide bonds. The van der Waals surface area contributed by atoms with Crippen molar-refractivity contribution in [2.24, 2.45) is 0 Å². The molecule has 0 aliphatic carbocycles. The molecule has 1 saturated heterocycles. The molecular weight excluding hydrogens is 674 g/mol. The van der Waals surface area contributed by atoms with Crippen LogP contribution in [0, 0.1) is 19.7 Å². The number of nitrogens with zero attached hydrogens (tertiary/aromatic N) is 5. The molecule has 12 nitrogen and oxygen atoms in total. The van der Waals surface area contributed by atoms with E-state index in [-0.39, 0.29) is 33.4 Å². The fraction of sp³-hybridized carbons (Fsp3) is 0.297. The van der Waals surface area contributed by atoms with Gasteiger partial charge in [-0.1, -0.05) is 17.7 Å². The Morgan fingerprint density at radius 3 is 2.39 bits per heavy atom. The number of halogens is 1. The van der Waals surface area contributed by atoms with Crippen molar-refractivity contribution in [1.29, 1.82) is 0 Å². The average molecular weight is 712 g/mol. The number of carbonyl (C=O) groups is 2. The number of aromatic amines is 1. The standard InChI is InChI=1S/C37H38FN7O5S/c1-21-6-9-26(10-7-21)51(48,49)45-32-19-29(38)27(23-12-14-43(15-13-23)36(47)50-37(3,4)5)16-24(32)17-33(45)34(46)28-20-40-44(35(28)39)25-8-11-30-31(18-25)42-22(2)41-30/h6-11,16-20,23H,12-15,39H2,1-5H3,(H,41,42). The molecule has 1 aliphatic rings. The van der Waals surface area contributed by atoms with Crippen LogP contribution in [0.4, 0.5) is 15.0 Å². The van der Waals surface area contributed by atoms with E-state index in [0.29, 0.717) is 48.1 Å². The summed E-state index contributed by atoms with van der Waals surface area (Å²) in [6.07, 6.45) is 1.84. The summed E-state index contributed by atoms with van der Waals surface area (Å²) < 4.78 is 52.4. The molecule has 0 atom stereocenters. The zero-order chi connectivity index (χ0) is 36.4. The van der Waals surface area contributed by atoms with Gasteiger partial charge in [0.05, 0.1) is 38.9 Å². The first kappa shape index (κ1) is 34.0. The van der Waals surface area contributed by atoms with E-state index in [0.717, 1.165) is 20.9 Å². The van der Waals surface area contributed by atoms with Crippen LogP contribution in [0.3, 0.4) is 0 Å². The highest BCUT2D eigenvalue weighted by molar-refractivity contribution is 7.90. The molecule has 7 rings (SSSR count). The minimum absolute atomic E-state index is 0.000218. The number of anilines is 1. The number of nitrogens with one attached hydrogen (secondary N) is 1. The minimum Gasteiger partial charge on any atom is -0.444 e. The second-order valence-corrected chi connectivity index (χ2v) is 15.8. The molecule has 0 saturated carbocycles. The van der Waals surface area contributed by atoms with Gasteiger partial charge in [0, 0.05) is 18.5 Å². The van der Waals surface area contributed by atoms with Gasteiger partial charge in [-0.15, -0.1) is 0 Å². The molecular formula is C37H38FN7O5S. The number of nitrogen functional groups attached to an aromatic ring is 1. The van der Waals surface area contributed by atoms with E-state index < -0.39 is 33.3 Å². The number of H-pyrrole nitrogens is 1. The highest BCUT2D eigenvalue weighted by Gasteiger charge is 2.32. The summed E-state index contributed by atoms with van der Waals surface area (Å²) >= 11 is 0. The number of amides is 1. The molecule has 3 N–H and O–H groups in total. The number of aryl methyl sites for hydroxylation is 2. The molecule has 0 unspecified atom stereocenters. The first-order chi connectivity index (χ1) is 24.1. The van der Waals surface area contributed by atoms with Crippen LogP contribution < -0.4 is 5.73 Å². The molecule has 0 bridgehead atoms. The van der Waals surface area contributed by atoms with Crippen molar-refractivity contribution in [2.75, 3.05) is 18.8 Å². The van der Waals surface area contributed by atoms with E-state index >= 15 is 4.39 Å². The van der Waals surface area contributed by atoms with Crippen LogP contribution in [0.2, 0.25) is 0 Å². The molecule has 51 heavy (non-hydrogen) atoms. The van der Waals surface area contributed by atoms with E-state index in [9.17, 15) is 18.0 Å². The monoisotopic (exact) mass is 711 g/mol. The number of ether oxygens (including phenoxy) is 1. The summed E-state index contributed by atoms with van der Waals surface area (Å²) in [5.41, 5.74) is 8.94. The van der Waals surface area contributed by atoms with Crippen LogP contribution in [0.25, 0.3) is 27.6 Å². The van der Waals surface area contributed by atoms with Crippen LogP contribution in [0.15, 0.2) is 71.8 Å². The number of imidazole rings is 1. The van der Waals surface area contributed by atoms with Gasteiger partial charge in [0.25, 0.3) is 10.0 Å². The number of piperidine rings is 1. The smallest absolute Gasteiger partial charge is 0.410 e. The Morgan fingerprint density at radius 2 is 1.71 bits per heavy atom. The summed E-state index contributed by atoms with van der Waals surface area (Å²) in [6, 6.07) is 15.8. The molecule has 1 aliphatic heterocycles. The van der Waals surface area contributed by atoms with E-state index in [1.165, 1.54) is 35.1 Å². The lowest BCUT2D eigenvalue weighted by molar-refractivity contribution is 0.0204. The number of ketones is 1. The van der Waals surface area contributed by atoms with Gasteiger partial charge in [0.1, 0.15) is 28.8 Å². The molecule has 264 valence electrons. The SMILES string of the molecule is Cc1ccc(S(=O)(=O)n2c(C(=O)c3cnn(-c4ccc5[nH]c(C)nc5c4)c3N)cc3cc(C4CCN(C(=O)OC(C)(C)C)CC4)c(F)cc32)cc1. The Kier molecular flexibility index (Phi) is 8.24. The first-order valence-corrected chi connectivity index (χ1v) is 18.0. The molecule has 0 spiro atoms. The van der Waals surface area contributed by atoms with Crippen molar-refractivity contribution in [3.05, 3.63) is 101 Å². The van der Waals surface area contributed by atoms with Gasteiger partial charge in [-0.25, -0.2) is 31.2 Å². The van der Waals surface area contributed by atoms with Gasteiger partial charge >= 0.3 is 6.09 Å². The summed E-state index contributed by atoms with van der Waals surface area (Å²) in [4.78, 5) is 36.1. The molecule has 14 heteroatoms. The molecule has 3 aromatic carbocycles. The third-order valence-electron chi connectivity index (χ3n) is 9.13. The van der Waals surface area contributed by atoms with Crippen molar-refractivity contribution in [2.45, 2.75) is 63.9 Å². The van der Waals surface area contributed by atoms with Crippen LogP contribution in [-0.4, -0.2) is 67.6 Å². The van der Waals surface area contributed by atoms with Crippen molar-refractivity contribution < 1.29 is 27.1 Å². The Hall–Kier alpha value is -5.50. The van der Waals surface area contributed by atoms with Gasteiger partial charge in [-0.3, -0.25) is 4.79 Å². The number of carbonyl (C=O) groups excluding carboxylic acids is 2. The number of fused-ring (bicyclic) bond motifs is 2. The van der Waals surface area contributed by atoms with Crippen LogP contribution in [-0.2, 0) is 14.8 Å². The molecule has 1 fully saturated rings. The Labute approximate surface area is 294 Å². The van der Waals surface area contributed by atoms with E-state index in [2.05, 4.69) is 15.1 Å². The number of rotatable bonds is 6. The second-order valence-electron chi connectivity index (χ2n) is 14.0. The number of hydrogen-bond donors (Lipinski definition) is 2. The van der Waals surface area contributed by atoms with Gasteiger partial charge in [0.2, 0.25) is 5.78 Å². The van der Waals surface area contributed by atoms with Crippen LogP contribution in [0.5, 0.6) is 0 Å². The maximum atomic E-state index is 16.1. The minimum atomic E-state index is -4.40. The van der Waals surface area contributed by atoms with E-state index in [4.69, 9.17) is 10.5 Å². The lowest BCUT2D eigenvalue weighted by atomic mass is 9.88. The number of aromatic nitrogens is 5. The predicted molar refractivity (Wildman–Crippen MR) is 191 cm³/mol. The van der Waals surface area contributed by atoms with Gasteiger partial charge in [-0.2, -0.15) is 5.10 Å². The van der Waals surface area contributed by atoms with Crippen molar-refractivity contribution >= 4 is 49.7 Å². The summed E-state index contributed by atoms with van der Waals surface area (Å²) in [5.74, 6) is -0.810. The Balaban J connectivity index is 1.29. The highest BCUT2D eigenvalue weighted by atomic mass is 32.2. The van der Waals surface area contributed by atoms with Gasteiger partial charge in [-0.05, 0) is 107 Å². The molecule has 3 aromatic heterocycles. The van der Waals surface area contributed by atoms with Crippen LogP contribution >= 0.6 is 0 Å². The number of hydrogen-bond acceptors (Lipinski definition) is 8. The zero-order valence-electron chi connectivity index (χ0n) is 28.9. The summed E-state index contributed by atoms with van der Waals surface area (Å²) in [5, 5.41) is 4.73. The van der Waals surface area contributed by atoms with Crippen LogP contribution in [0.1, 0.15) is 72.5 Å². The number of benzene rings is 3. The zero-order valence-corrected chi connectivity index (χ0v) is 29.7. The quantitative estimate of drug-likeness (QED) is 0.182. The van der Waals surface area contributed by atoms with E-state index in [1.54, 1.807) is 56.0 Å². The highest BCUT2D eigenvalue weighted by Crippen LogP contribution is 2.36. The predicted octanol–water partition coefficient (Wildman–Crippen LogP) is 6.62. The number of likely N-dealkylation sites (tertiary alicyclic amines) is 1. The van der Waals surface area contributed by atoms with Crippen molar-refractivity contribution in [3.8, 4) is 5.69 Å². The van der Waals surface area contributed by atoms with Gasteiger partial charge < -0.3 is 20.4 Å². The molecule has 4 heterocycles. The Morgan fingerprint density at radius 1 is 1.00 bits per heavy atom. The number of nitrogens with two attached hydrogens (primary N) is 1. The first-order valence-electron chi connectivity index (χ1n) is 16.6. The summed E-state index contributed by atoms with van der Waals surface area (Å²) in [6.45, 7) is 9.82. The maximum absolute atomic E-state index is 16.1. The largest absolute Gasteiger partial charge is 0.444 e. The third kappa shape index (κ3) is 6.24.